The summed E-state index contributed by atoms with van der Waals surface area (Å²) in [6.45, 7) is 0. The van der Waals surface area contributed by atoms with Crippen molar-refractivity contribution in [2.75, 3.05) is 0 Å². The van der Waals surface area contributed by atoms with Crippen LogP contribution in [0.25, 0.3) is 31.4 Å². The van der Waals surface area contributed by atoms with Crippen molar-refractivity contribution in [1.29, 1.82) is 0 Å². The average Bonchev–Trinajstić information content (AvgIpc) is 3.29. The standard InChI is InChI=1S/2C26H17F3OS/c2*27-26(28,29)31-23-17-25(19-10-3-1-4-11-19,20-12-5-2-6-13-20)30-22-16-15-18-9-7-8-14-21(18)24(22)23/h2*1-17H. The number of ether oxygens (including phenoxy) is 2. The molecule has 0 fully saturated rings. The Bertz CT molecular complexity index is 2650. The summed E-state index contributed by atoms with van der Waals surface area (Å²) in [5.41, 5.74) is -7.21. The van der Waals surface area contributed by atoms with E-state index in [4.69, 9.17) is 9.47 Å². The van der Waals surface area contributed by atoms with E-state index in [1.54, 1.807) is 24.3 Å². The van der Waals surface area contributed by atoms with Crippen molar-refractivity contribution in [2.45, 2.75) is 22.2 Å². The summed E-state index contributed by atoms with van der Waals surface area (Å²) in [4.78, 5) is 0.275. The molecule has 0 atom stereocenters. The predicted molar refractivity (Wildman–Crippen MR) is 240 cm³/mol. The Hall–Kier alpha value is -6.36. The van der Waals surface area contributed by atoms with Crippen molar-refractivity contribution in [2.24, 2.45) is 0 Å². The molecule has 62 heavy (non-hydrogen) atoms. The van der Waals surface area contributed by atoms with Gasteiger partial charge in [-0.25, -0.2) is 0 Å². The minimum Gasteiger partial charge on any atom is -0.473 e. The summed E-state index contributed by atoms with van der Waals surface area (Å²) in [6, 6.07) is 59.6. The summed E-state index contributed by atoms with van der Waals surface area (Å²) in [5, 5.41) is 3.20. The van der Waals surface area contributed by atoms with Crippen LogP contribution in [0.2, 0.25) is 0 Å². The summed E-state index contributed by atoms with van der Waals surface area (Å²) in [5.74, 6) is 0.862. The maximum atomic E-state index is 13.7. The first-order valence-electron chi connectivity index (χ1n) is 19.5. The van der Waals surface area contributed by atoms with E-state index in [0.717, 1.165) is 43.8 Å². The van der Waals surface area contributed by atoms with Gasteiger partial charge in [-0.3, -0.25) is 0 Å². The number of hydrogen-bond acceptors (Lipinski definition) is 4. The largest absolute Gasteiger partial charge is 0.473 e. The van der Waals surface area contributed by atoms with E-state index in [1.807, 2.05) is 182 Å². The predicted octanol–water partition coefficient (Wildman–Crippen LogP) is 15.5. The minimum absolute atomic E-state index is 0.0921. The van der Waals surface area contributed by atoms with E-state index >= 15 is 0 Å². The van der Waals surface area contributed by atoms with Crippen molar-refractivity contribution in [1.82, 2.24) is 0 Å². The van der Waals surface area contributed by atoms with Crippen LogP contribution in [-0.4, -0.2) is 11.0 Å². The molecule has 2 aliphatic heterocycles. The van der Waals surface area contributed by atoms with Gasteiger partial charge in [0, 0.05) is 43.2 Å². The fourth-order valence-corrected chi connectivity index (χ4v) is 9.73. The van der Waals surface area contributed by atoms with Gasteiger partial charge in [0.1, 0.15) is 11.5 Å². The lowest BCUT2D eigenvalue weighted by Gasteiger charge is -2.38. The normalized spacial score (nSPS) is 15.1. The fraction of sp³-hybridized carbons (Fsp3) is 0.0769. The summed E-state index contributed by atoms with van der Waals surface area (Å²) >= 11 is -0.184. The monoisotopic (exact) mass is 868 g/mol. The molecule has 0 saturated carbocycles. The highest BCUT2D eigenvalue weighted by molar-refractivity contribution is 8.09. The molecule has 0 spiro atoms. The van der Waals surface area contributed by atoms with Crippen molar-refractivity contribution in [3.05, 3.63) is 240 Å². The topological polar surface area (TPSA) is 18.5 Å². The Morgan fingerprint density at radius 3 is 0.935 bits per heavy atom. The molecular weight excluding hydrogens is 835 g/mol. The van der Waals surface area contributed by atoms with Crippen molar-refractivity contribution in [3.8, 4) is 11.5 Å². The highest BCUT2D eigenvalue weighted by Gasteiger charge is 2.44. The molecule has 0 aliphatic carbocycles. The number of alkyl halides is 6. The van der Waals surface area contributed by atoms with Crippen molar-refractivity contribution >= 4 is 54.9 Å². The fourth-order valence-electron chi connectivity index (χ4n) is 8.16. The van der Waals surface area contributed by atoms with E-state index in [0.29, 0.717) is 22.6 Å². The van der Waals surface area contributed by atoms with Gasteiger partial charge in [-0.2, -0.15) is 26.3 Å². The van der Waals surface area contributed by atoms with Gasteiger partial charge < -0.3 is 9.47 Å². The summed E-state index contributed by atoms with van der Waals surface area (Å²) in [7, 11) is 0. The molecule has 0 saturated heterocycles. The second-order valence-electron chi connectivity index (χ2n) is 14.6. The van der Waals surface area contributed by atoms with E-state index < -0.39 is 22.2 Å². The summed E-state index contributed by atoms with van der Waals surface area (Å²) < 4.78 is 95.2. The number of hydrogen-bond donors (Lipinski definition) is 0. The molecule has 0 bridgehead atoms. The smallest absolute Gasteiger partial charge is 0.446 e. The van der Waals surface area contributed by atoms with Crippen LogP contribution in [-0.2, 0) is 11.2 Å². The lowest BCUT2D eigenvalue weighted by molar-refractivity contribution is -0.0327. The number of benzene rings is 8. The molecule has 2 nitrogen and oxygen atoms in total. The van der Waals surface area contributed by atoms with Gasteiger partial charge in [0.15, 0.2) is 11.2 Å². The van der Waals surface area contributed by atoms with Crippen LogP contribution in [0.3, 0.4) is 0 Å². The molecule has 2 heterocycles. The number of halogens is 6. The van der Waals surface area contributed by atoms with Gasteiger partial charge in [0.2, 0.25) is 0 Å². The van der Waals surface area contributed by atoms with Gasteiger partial charge >= 0.3 is 11.0 Å². The van der Waals surface area contributed by atoms with E-state index in [9.17, 15) is 26.3 Å². The lowest BCUT2D eigenvalue weighted by atomic mass is 9.83. The van der Waals surface area contributed by atoms with Gasteiger partial charge in [-0.05, 0) is 69.4 Å². The molecule has 0 radical (unpaired) electrons. The first kappa shape index (κ1) is 41.0. The van der Waals surface area contributed by atoms with E-state index in [2.05, 4.69) is 0 Å². The molecule has 308 valence electrons. The minimum atomic E-state index is -4.43. The first-order valence-corrected chi connectivity index (χ1v) is 21.2. The molecule has 8 aromatic rings. The zero-order valence-electron chi connectivity index (χ0n) is 32.5. The molecule has 10 rings (SSSR count). The zero-order chi connectivity index (χ0) is 43.0. The maximum Gasteiger partial charge on any atom is 0.446 e. The van der Waals surface area contributed by atoms with Crippen molar-refractivity contribution in [3.63, 3.8) is 0 Å². The van der Waals surface area contributed by atoms with Gasteiger partial charge in [0.25, 0.3) is 0 Å². The molecule has 0 unspecified atom stereocenters. The molecule has 0 N–H and O–H groups in total. The second kappa shape index (κ2) is 16.5. The maximum absolute atomic E-state index is 13.7. The Balaban J connectivity index is 0.000000158. The molecule has 2 aliphatic rings. The van der Waals surface area contributed by atoms with Crippen LogP contribution in [0.5, 0.6) is 11.5 Å². The quantitative estimate of drug-likeness (QED) is 0.155. The van der Waals surface area contributed by atoms with Crippen LogP contribution in [0.15, 0.2) is 206 Å². The highest BCUT2D eigenvalue weighted by atomic mass is 32.2. The van der Waals surface area contributed by atoms with E-state index in [-0.39, 0.29) is 33.3 Å². The van der Waals surface area contributed by atoms with Crippen LogP contribution in [0.4, 0.5) is 26.3 Å². The first-order chi connectivity index (χ1) is 29.9. The Kier molecular flexibility index (Phi) is 10.9. The number of rotatable bonds is 6. The summed E-state index contributed by atoms with van der Waals surface area (Å²) in [6.07, 6.45) is 3.23. The van der Waals surface area contributed by atoms with Gasteiger partial charge in [0.05, 0.1) is 0 Å². The molecule has 0 aromatic heterocycles. The Morgan fingerprint density at radius 1 is 0.339 bits per heavy atom. The Morgan fingerprint density at radius 2 is 0.629 bits per heavy atom. The highest BCUT2D eigenvalue weighted by Crippen LogP contribution is 2.55. The number of thioether (sulfide) groups is 2. The number of fused-ring (bicyclic) bond motifs is 6. The van der Waals surface area contributed by atoms with Gasteiger partial charge in [-0.1, -0.05) is 182 Å². The second-order valence-corrected chi connectivity index (χ2v) is 16.8. The van der Waals surface area contributed by atoms with Crippen molar-refractivity contribution < 1.29 is 35.8 Å². The third kappa shape index (κ3) is 8.08. The Labute approximate surface area is 362 Å². The third-order valence-corrected chi connectivity index (χ3v) is 12.3. The van der Waals surface area contributed by atoms with Crippen LogP contribution >= 0.6 is 23.5 Å². The lowest BCUT2D eigenvalue weighted by Crippen LogP contribution is -2.35. The van der Waals surface area contributed by atoms with Crippen LogP contribution < -0.4 is 9.47 Å². The van der Waals surface area contributed by atoms with Crippen LogP contribution in [0, 0.1) is 0 Å². The van der Waals surface area contributed by atoms with E-state index in [1.165, 1.54) is 0 Å². The molecule has 10 heteroatoms. The average molecular weight is 869 g/mol. The van der Waals surface area contributed by atoms with Crippen LogP contribution in [0.1, 0.15) is 33.4 Å². The third-order valence-electron chi connectivity index (χ3n) is 10.7. The van der Waals surface area contributed by atoms with Gasteiger partial charge in [-0.15, -0.1) is 0 Å². The molecule has 0 amide bonds. The zero-order valence-corrected chi connectivity index (χ0v) is 34.2. The molecule has 8 aromatic carbocycles. The SMILES string of the molecule is FC(F)(F)SC1=CC(c2ccccc2)(c2ccccc2)Oc2ccc3ccccc3c21.FC(F)(F)SC1=CC(c2ccccc2)(c2ccccc2)Oc2ccc3ccccc3c21. The molecular formula is C52H34F6O2S2.